The van der Waals surface area contributed by atoms with Gasteiger partial charge in [0.2, 0.25) is 0 Å². The fourth-order valence-electron chi connectivity index (χ4n) is 2.96. The van der Waals surface area contributed by atoms with Crippen molar-refractivity contribution in [3.63, 3.8) is 0 Å². The number of nitrogens with one attached hydrogen (secondary N) is 2. The van der Waals surface area contributed by atoms with Crippen molar-refractivity contribution in [3.05, 3.63) is 23.9 Å². The highest BCUT2D eigenvalue weighted by molar-refractivity contribution is 5.98. The highest BCUT2D eigenvalue weighted by Crippen LogP contribution is 2.30. The molecule has 1 aromatic heterocycles. The molecule has 1 amide bonds. The average molecular weight is 275 g/mol. The highest BCUT2D eigenvalue weighted by atomic mass is 16.1. The Morgan fingerprint density at radius 2 is 2.00 bits per heavy atom. The summed E-state index contributed by atoms with van der Waals surface area (Å²) in [6, 6.07) is 3.60. The lowest BCUT2D eigenvalue weighted by molar-refractivity contribution is 0.0941. The maximum Gasteiger partial charge on any atom is 0.255 e. The minimum absolute atomic E-state index is 0.0277. The summed E-state index contributed by atoms with van der Waals surface area (Å²) in [5, 5.41) is 6.01. The molecule has 1 fully saturated rings. The molecule has 4 nitrogen and oxygen atoms in total. The van der Waals surface area contributed by atoms with E-state index in [4.69, 9.17) is 0 Å². The molecule has 0 radical (unpaired) electrons. The van der Waals surface area contributed by atoms with Crippen LogP contribution in [0.25, 0.3) is 0 Å². The predicted molar refractivity (Wildman–Crippen MR) is 81.9 cm³/mol. The summed E-state index contributed by atoms with van der Waals surface area (Å²) in [4.78, 5) is 16.4. The maximum absolute atomic E-state index is 12.2. The van der Waals surface area contributed by atoms with Crippen LogP contribution >= 0.6 is 0 Å². The number of anilines is 1. The van der Waals surface area contributed by atoms with Crippen LogP contribution in [0.3, 0.4) is 0 Å². The highest BCUT2D eigenvalue weighted by Gasteiger charge is 2.21. The van der Waals surface area contributed by atoms with Crippen molar-refractivity contribution >= 4 is 11.7 Å². The van der Waals surface area contributed by atoms with Gasteiger partial charge in [0.05, 0.1) is 5.56 Å². The van der Waals surface area contributed by atoms with E-state index in [0.717, 1.165) is 12.5 Å². The number of amides is 1. The van der Waals surface area contributed by atoms with Crippen LogP contribution in [0.15, 0.2) is 18.3 Å². The molecule has 1 heterocycles. The fraction of sp³-hybridized carbons (Fsp3) is 0.625. The number of aromatic nitrogens is 1. The second-order valence-corrected chi connectivity index (χ2v) is 5.65. The molecule has 1 aromatic rings. The van der Waals surface area contributed by atoms with E-state index in [1.54, 1.807) is 19.3 Å². The van der Waals surface area contributed by atoms with Gasteiger partial charge in [-0.2, -0.15) is 0 Å². The van der Waals surface area contributed by atoms with Crippen molar-refractivity contribution in [2.75, 3.05) is 18.9 Å². The van der Waals surface area contributed by atoms with Gasteiger partial charge in [-0.05, 0) is 36.8 Å². The molecule has 0 unspecified atom stereocenters. The first-order valence-electron chi connectivity index (χ1n) is 7.65. The molecule has 110 valence electrons. The van der Waals surface area contributed by atoms with Crippen molar-refractivity contribution in [2.45, 2.75) is 39.0 Å². The van der Waals surface area contributed by atoms with E-state index in [9.17, 15) is 4.79 Å². The van der Waals surface area contributed by atoms with Crippen LogP contribution in [0.5, 0.6) is 0 Å². The number of carbonyl (C=O) groups excluding carboxylic acids is 1. The molecule has 2 rings (SSSR count). The molecule has 0 saturated heterocycles. The molecular weight excluding hydrogens is 250 g/mol. The van der Waals surface area contributed by atoms with Gasteiger partial charge in [-0.1, -0.05) is 26.2 Å². The van der Waals surface area contributed by atoms with Gasteiger partial charge in [-0.25, -0.2) is 4.98 Å². The molecule has 20 heavy (non-hydrogen) atoms. The minimum atomic E-state index is -0.0277. The Labute approximate surface area is 121 Å². The average Bonchev–Trinajstić information content (AvgIpc) is 2.53. The maximum atomic E-state index is 12.2. The van der Waals surface area contributed by atoms with Gasteiger partial charge in [-0.15, -0.1) is 0 Å². The largest absolute Gasteiger partial charge is 0.372 e. The molecule has 1 aliphatic carbocycles. The molecule has 0 spiro atoms. The summed E-state index contributed by atoms with van der Waals surface area (Å²) in [6.07, 6.45) is 8.09. The van der Waals surface area contributed by atoms with E-state index < -0.39 is 0 Å². The van der Waals surface area contributed by atoms with E-state index in [0.29, 0.717) is 17.3 Å². The third-order valence-corrected chi connectivity index (χ3v) is 4.38. The summed E-state index contributed by atoms with van der Waals surface area (Å²) in [5.74, 6) is 2.15. The van der Waals surface area contributed by atoms with Crippen LogP contribution in [0.4, 0.5) is 5.82 Å². The lowest BCUT2D eigenvalue weighted by Gasteiger charge is -2.27. The lowest BCUT2D eigenvalue weighted by atomic mass is 9.81. The van der Waals surface area contributed by atoms with E-state index in [1.165, 1.54) is 32.1 Å². The van der Waals surface area contributed by atoms with Crippen LogP contribution in [-0.2, 0) is 0 Å². The van der Waals surface area contributed by atoms with Crippen molar-refractivity contribution in [2.24, 2.45) is 11.8 Å². The predicted octanol–water partition coefficient (Wildman–Crippen LogP) is 3.07. The van der Waals surface area contributed by atoms with Crippen LogP contribution in [0, 0.1) is 11.8 Å². The molecule has 1 saturated carbocycles. The molecule has 4 heteroatoms. The number of hydrogen-bond donors (Lipinski definition) is 2. The van der Waals surface area contributed by atoms with Gasteiger partial charge in [0, 0.05) is 19.8 Å². The van der Waals surface area contributed by atoms with E-state index in [1.807, 2.05) is 6.07 Å². The second-order valence-electron chi connectivity index (χ2n) is 5.65. The quantitative estimate of drug-likeness (QED) is 0.868. The van der Waals surface area contributed by atoms with Gasteiger partial charge in [0.25, 0.3) is 5.91 Å². The number of rotatable bonds is 5. The monoisotopic (exact) mass is 275 g/mol. The first-order chi connectivity index (χ1) is 9.74. The lowest BCUT2D eigenvalue weighted by Crippen LogP contribution is -2.31. The first kappa shape index (κ1) is 14.8. The molecule has 1 aliphatic rings. The summed E-state index contributed by atoms with van der Waals surface area (Å²) in [6.45, 7) is 3.06. The molecule has 0 bridgehead atoms. The van der Waals surface area contributed by atoms with E-state index in [-0.39, 0.29) is 5.91 Å². The molecule has 0 aliphatic heterocycles. The number of hydrogen-bond acceptors (Lipinski definition) is 3. The Kier molecular flexibility index (Phi) is 5.39. The summed E-state index contributed by atoms with van der Waals surface area (Å²) >= 11 is 0. The van der Waals surface area contributed by atoms with Gasteiger partial charge in [-0.3, -0.25) is 4.79 Å². The summed E-state index contributed by atoms with van der Waals surface area (Å²) < 4.78 is 0. The standard InChI is InChI=1S/C16H25N3O/c1-3-12-6-8-13(9-7-12)11-19-16(20)14-5-4-10-18-15(14)17-2/h4-5,10,12-13H,3,6-9,11H2,1-2H3,(H,17,18)(H,19,20). The smallest absolute Gasteiger partial charge is 0.255 e. The normalized spacial score (nSPS) is 22.3. The van der Waals surface area contributed by atoms with Gasteiger partial charge >= 0.3 is 0 Å². The molecular formula is C16H25N3O. The topological polar surface area (TPSA) is 54.0 Å². The number of pyridine rings is 1. The third kappa shape index (κ3) is 3.71. The summed E-state index contributed by atoms with van der Waals surface area (Å²) in [5.41, 5.74) is 0.622. The van der Waals surface area contributed by atoms with Crippen molar-refractivity contribution < 1.29 is 4.79 Å². The minimum Gasteiger partial charge on any atom is -0.372 e. The zero-order chi connectivity index (χ0) is 14.4. The van der Waals surface area contributed by atoms with E-state index in [2.05, 4.69) is 22.5 Å². The zero-order valence-electron chi connectivity index (χ0n) is 12.5. The van der Waals surface area contributed by atoms with Crippen LogP contribution in [-0.4, -0.2) is 24.5 Å². The Hall–Kier alpha value is -1.58. The molecule has 2 N–H and O–H groups in total. The zero-order valence-corrected chi connectivity index (χ0v) is 12.5. The fourth-order valence-corrected chi connectivity index (χ4v) is 2.96. The van der Waals surface area contributed by atoms with Gasteiger partial charge < -0.3 is 10.6 Å². The molecule has 0 aromatic carbocycles. The number of nitrogens with zero attached hydrogens (tertiary/aromatic N) is 1. The van der Waals surface area contributed by atoms with Crippen molar-refractivity contribution in [1.29, 1.82) is 0 Å². The van der Waals surface area contributed by atoms with E-state index >= 15 is 0 Å². The second kappa shape index (κ2) is 7.27. The Morgan fingerprint density at radius 3 is 2.65 bits per heavy atom. The first-order valence-corrected chi connectivity index (χ1v) is 7.65. The third-order valence-electron chi connectivity index (χ3n) is 4.38. The Bertz CT molecular complexity index is 439. The van der Waals surface area contributed by atoms with Crippen LogP contribution in [0.2, 0.25) is 0 Å². The summed E-state index contributed by atoms with van der Waals surface area (Å²) in [7, 11) is 1.78. The van der Waals surface area contributed by atoms with Crippen molar-refractivity contribution in [3.8, 4) is 0 Å². The number of carbonyl (C=O) groups is 1. The van der Waals surface area contributed by atoms with Crippen LogP contribution in [0.1, 0.15) is 49.4 Å². The Balaban J connectivity index is 1.83. The van der Waals surface area contributed by atoms with Crippen molar-refractivity contribution in [1.82, 2.24) is 10.3 Å². The Morgan fingerprint density at radius 1 is 1.30 bits per heavy atom. The van der Waals surface area contributed by atoms with Gasteiger partial charge in [0.15, 0.2) is 0 Å². The molecule has 0 atom stereocenters. The van der Waals surface area contributed by atoms with Crippen LogP contribution < -0.4 is 10.6 Å². The SMILES string of the molecule is CCC1CCC(CNC(=O)c2cccnc2NC)CC1. The van der Waals surface area contributed by atoms with Gasteiger partial charge in [0.1, 0.15) is 5.82 Å².